The molecule has 19 heavy (non-hydrogen) atoms. The number of rotatable bonds is 6. The first-order valence-corrected chi connectivity index (χ1v) is 6.27. The number of methoxy groups -OCH3 is 2. The number of hydrogen-bond acceptors (Lipinski definition) is 3. The largest absolute Gasteiger partial charge is 0.495 e. The average Bonchev–Trinajstić information content (AvgIpc) is 2.32. The Bertz CT molecular complexity index is 469. The van der Waals surface area contributed by atoms with Crippen molar-refractivity contribution in [2.45, 2.75) is 26.9 Å². The highest BCUT2D eigenvalue weighted by atomic mass is 35.5. The van der Waals surface area contributed by atoms with Crippen LogP contribution >= 0.6 is 11.6 Å². The second-order valence-corrected chi connectivity index (χ2v) is 5.46. The van der Waals surface area contributed by atoms with Crippen LogP contribution in [0.3, 0.4) is 0 Å². The van der Waals surface area contributed by atoms with Gasteiger partial charge in [0.2, 0.25) is 0 Å². The van der Waals surface area contributed by atoms with Crippen molar-refractivity contribution in [3.05, 3.63) is 28.3 Å². The lowest BCUT2D eigenvalue weighted by molar-refractivity contribution is -0.146. The Morgan fingerprint density at radius 3 is 2.42 bits per heavy atom. The molecule has 1 aromatic rings. The minimum absolute atomic E-state index is 0.380. The minimum Gasteiger partial charge on any atom is -0.495 e. The lowest BCUT2D eigenvalue weighted by Gasteiger charge is -2.21. The van der Waals surface area contributed by atoms with E-state index in [1.807, 2.05) is 0 Å². The number of benzene rings is 1. The van der Waals surface area contributed by atoms with Gasteiger partial charge in [-0.1, -0.05) is 11.6 Å². The highest BCUT2D eigenvalue weighted by Crippen LogP contribution is 2.32. The lowest BCUT2D eigenvalue weighted by atomic mass is 9.84. The fraction of sp³-hybridized carbons (Fsp3) is 0.500. The molecule has 0 spiro atoms. The molecule has 0 aliphatic heterocycles. The van der Waals surface area contributed by atoms with Gasteiger partial charge in [-0.2, -0.15) is 0 Å². The van der Waals surface area contributed by atoms with Crippen molar-refractivity contribution in [1.82, 2.24) is 0 Å². The fourth-order valence-corrected chi connectivity index (χ4v) is 2.06. The predicted molar refractivity (Wildman–Crippen MR) is 73.8 cm³/mol. The van der Waals surface area contributed by atoms with E-state index in [9.17, 15) is 9.90 Å². The Hall–Kier alpha value is -1.26. The average molecular weight is 287 g/mol. The zero-order valence-electron chi connectivity index (χ0n) is 11.6. The Morgan fingerprint density at radius 1 is 1.32 bits per heavy atom. The van der Waals surface area contributed by atoms with Crippen LogP contribution in [0.4, 0.5) is 0 Å². The number of halogens is 1. The van der Waals surface area contributed by atoms with Crippen molar-refractivity contribution in [2.24, 2.45) is 5.41 Å². The summed E-state index contributed by atoms with van der Waals surface area (Å²) >= 11 is 6.10. The van der Waals surface area contributed by atoms with Gasteiger partial charge in [-0.25, -0.2) is 0 Å². The third-order valence-corrected chi connectivity index (χ3v) is 3.28. The molecule has 106 valence electrons. The van der Waals surface area contributed by atoms with Crippen LogP contribution in [0.1, 0.15) is 25.0 Å². The van der Waals surface area contributed by atoms with E-state index in [0.29, 0.717) is 23.8 Å². The molecule has 0 aromatic heterocycles. The fourth-order valence-electron chi connectivity index (χ4n) is 1.80. The maximum Gasteiger partial charge on any atom is 0.309 e. The maximum atomic E-state index is 11.2. The summed E-state index contributed by atoms with van der Waals surface area (Å²) in [5, 5.41) is 9.68. The molecule has 0 fully saturated rings. The number of carboxylic acid groups (broad SMARTS) is 1. The summed E-state index contributed by atoms with van der Waals surface area (Å²) < 4.78 is 10.3. The number of carboxylic acids is 1. The number of ether oxygens (including phenoxy) is 2. The minimum atomic E-state index is -0.861. The molecule has 0 amide bonds. The van der Waals surface area contributed by atoms with Crippen LogP contribution in [-0.2, 0) is 22.6 Å². The van der Waals surface area contributed by atoms with Gasteiger partial charge in [-0.3, -0.25) is 4.79 Å². The number of carbonyl (C=O) groups is 1. The monoisotopic (exact) mass is 286 g/mol. The Kier molecular flexibility index (Phi) is 5.20. The van der Waals surface area contributed by atoms with Crippen molar-refractivity contribution in [3.63, 3.8) is 0 Å². The molecule has 1 rings (SSSR count). The number of aliphatic carboxylic acids is 1. The number of hydrogen-bond donors (Lipinski definition) is 1. The summed E-state index contributed by atoms with van der Waals surface area (Å²) in [7, 11) is 3.13. The summed E-state index contributed by atoms with van der Waals surface area (Å²) in [4.78, 5) is 11.2. The van der Waals surface area contributed by atoms with Crippen LogP contribution in [0.15, 0.2) is 12.1 Å². The molecule has 0 unspecified atom stereocenters. The molecule has 0 aliphatic rings. The van der Waals surface area contributed by atoms with Gasteiger partial charge in [0.1, 0.15) is 5.75 Å². The lowest BCUT2D eigenvalue weighted by Crippen LogP contribution is -2.26. The van der Waals surface area contributed by atoms with Gasteiger partial charge in [0.05, 0.1) is 24.2 Å². The summed E-state index contributed by atoms with van der Waals surface area (Å²) in [5.41, 5.74) is 0.888. The van der Waals surface area contributed by atoms with Crippen molar-refractivity contribution >= 4 is 17.6 Å². The van der Waals surface area contributed by atoms with E-state index >= 15 is 0 Å². The highest BCUT2D eigenvalue weighted by molar-refractivity contribution is 6.32. The van der Waals surface area contributed by atoms with Gasteiger partial charge in [-0.05, 0) is 43.5 Å². The summed E-state index contributed by atoms with van der Waals surface area (Å²) in [6, 6.07) is 3.54. The molecular formula is C14H19ClO4. The Labute approximate surface area is 118 Å². The normalized spacial score (nSPS) is 11.4. The molecule has 4 nitrogen and oxygen atoms in total. The van der Waals surface area contributed by atoms with Crippen molar-refractivity contribution in [2.75, 3.05) is 14.2 Å². The zero-order valence-corrected chi connectivity index (χ0v) is 12.4. The molecule has 0 saturated heterocycles. The van der Waals surface area contributed by atoms with Crippen LogP contribution < -0.4 is 4.74 Å². The molecule has 0 atom stereocenters. The van der Waals surface area contributed by atoms with E-state index in [1.165, 1.54) is 0 Å². The highest BCUT2D eigenvalue weighted by Gasteiger charge is 2.28. The first kappa shape index (κ1) is 15.8. The van der Waals surface area contributed by atoms with Crippen LogP contribution in [-0.4, -0.2) is 25.3 Å². The van der Waals surface area contributed by atoms with E-state index in [0.717, 1.165) is 11.1 Å². The van der Waals surface area contributed by atoms with Gasteiger partial charge in [-0.15, -0.1) is 0 Å². The molecule has 1 aromatic carbocycles. The molecule has 0 heterocycles. The summed E-state index contributed by atoms with van der Waals surface area (Å²) in [6.07, 6.45) is 0.380. The smallest absolute Gasteiger partial charge is 0.309 e. The van der Waals surface area contributed by atoms with Crippen molar-refractivity contribution in [1.29, 1.82) is 0 Å². The van der Waals surface area contributed by atoms with Crippen molar-refractivity contribution < 1.29 is 19.4 Å². The molecule has 0 saturated carbocycles. The van der Waals surface area contributed by atoms with Crippen LogP contribution in [0, 0.1) is 5.41 Å². The molecule has 1 N–H and O–H groups in total. The molecule has 0 bridgehead atoms. The van der Waals surface area contributed by atoms with Gasteiger partial charge in [0, 0.05) is 7.11 Å². The van der Waals surface area contributed by atoms with E-state index in [2.05, 4.69) is 0 Å². The van der Waals surface area contributed by atoms with Gasteiger partial charge >= 0.3 is 5.97 Å². The van der Waals surface area contributed by atoms with E-state index in [4.69, 9.17) is 21.1 Å². The van der Waals surface area contributed by atoms with E-state index in [-0.39, 0.29) is 0 Å². The molecular weight excluding hydrogens is 268 g/mol. The standard InChI is InChI=1S/C14H19ClO4/c1-14(2,13(16)17)7-9-5-11(15)12(19-4)6-10(9)8-18-3/h5-6H,7-8H2,1-4H3,(H,16,17). The summed E-state index contributed by atoms with van der Waals surface area (Å²) in [5.74, 6) is -0.284. The molecule has 0 radical (unpaired) electrons. The Balaban J connectivity index is 3.18. The third kappa shape index (κ3) is 3.85. The topological polar surface area (TPSA) is 55.8 Å². The van der Waals surface area contributed by atoms with Gasteiger partial charge in [0.25, 0.3) is 0 Å². The van der Waals surface area contributed by atoms with Crippen molar-refractivity contribution in [3.8, 4) is 5.75 Å². The first-order chi connectivity index (χ1) is 8.81. The zero-order chi connectivity index (χ0) is 14.6. The molecule has 0 aliphatic carbocycles. The van der Waals surface area contributed by atoms with Gasteiger partial charge < -0.3 is 14.6 Å². The quantitative estimate of drug-likeness (QED) is 0.873. The van der Waals surface area contributed by atoms with Crippen LogP contribution in [0.25, 0.3) is 0 Å². The molecule has 5 heteroatoms. The first-order valence-electron chi connectivity index (χ1n) is 5.89. The van der Waals surface area contributed by atoms with Crippen LogP contribution in [0.2, 0.25) is 5.02 Å². The maximum absolute atomic E-state index is 11.2. The van der Waals surface area contributed by atoms with Crippen LogP contribution in [0.5, 0.6) is 5.75 Å². The second kappa shape index (κ2) is 6.26. The summed E-state index contributed by atoms with van der Waals surface area (Å²) in [6.45, 7) is 3.76. The van der Waals surface area contributed by atoms with E-state index in [1.54, 1.807) is 40.2 Å². The SMILES string of the molecule is COCc1cc(OC)c(Cl)cc1CC(C)(C)C(=O)O. The van der Waals surface area contributed by atoms with E-state index < -0.39 is 11.4 Å². The Morgan fingerprint density at radius 2 is 1.95 bits per heavy atom. The second-order valence-electron chi connectivity index (χ2n) is 5.05. The third-order valence-electron chi connectivity index (χ3n) is 2.99. The predicted octanol–water partition coefficient (Wildman–Crippen LogP) is 3.15. The van der Waals surface area contributed by atoms with Gasteiger partial charge in [0.15, 0.2) is 0 Å².